The smallest absolute Gasteiger partial charge is 0.410 e. The largest absolute Gasteiger partial charge is 0.444 e. The highest BCUT2D eigenvalue weighted by molar-refractivity contribution is 5.72. The van der Waals surface area contributed by atoms with Gasteiger partial charge >= 0.3 is 6.09 Å². The Kier molecular flexibility index (Phi) is 5.86. The average Bonchev–Trinajstić information content (AvgIpc) is 2.73. The fourth-order valence-corrected chi connectivity index (χ4v) is 4.03. The lowest BCUT2D eigenvalue weighted by molar-refractivity contribution is 0.0270. The first-order valence-corrected chi connectivity index (χ1v) is 10.7. The molecule has 1 aromatic carbocycles. The van der Waals surface area contributed by atoms with Gasteiger partial charge in [0.1, 0.15) is 11.9 Å². The van der Waals surface area contributed by atoms with Crippen molar-refractivity contribution in [2.24, 2.45) is 0 Å². The second-order valence-corrected chi connectivity index (χ2v) is 9.00. The van der Waals surface area contributed by atoms with Crippen molar-refractivity contribution in [3.05, 3.63) is 65.2 Å². The average molecular weight is 407 g/mol. The van der Waals surface area contributed by atoms with Gasteiger partial charge in [-0.2, -0.15) is 0 Å². The van der Waals surface area contributed by atoms with Crippen LogP contribution in [0.1, 0.15) is 49.7 Å². The Labute approximate surface area is 178 Å². The molecule has 6 nitrogen and oxygen atoms in total. The molecule has 6 heteroatoms. The van der Waals surface area contributed by atoms with Crippen LogP contribution in [-0.2, 0) is 24.2 Å². The molecule has 30 heavy (non-hydrogen) atoms. The highest BCUT2D eigenvalue weighted by atomic mass is 16.6. The minimum absolute atomic E-state index is 0.253. The third kappa shape index (κ3) is 4.87. The van der Waals surface area contributed by atoms with E-state index in [0.29, 0.717) is 13.1 Å². The van der Waals surface area contributed by atoms with Gasteiger partial charge in [0.05, 0.1) is 11.4 Å². The van der Waals surface area contributed by atoms with Crippen LogP contribution >= 0.6 is 0 Å². The van der Waals surface area contributed by atoms with Crippen molar-refractivity contribution in [3.8, 4) is 0 Å². The molecule has 0 radical (unpaired) electrons. The van der Waals surface area contributed by atoms with E-state index in [4.69, 9.17) is 4.74 Å². The maximum absolute atomic E-state index is 12.3. The van der Waals surface area contributed by atoms with E-state index in [1.165, 1.54) is 16.7 Å². The van der Waals surface area contributed by atoms with E-state index in [1.54, 1.807) is 11.2 Å². The molecule has 0 spiro atoms. The van der Waals surface area contributed by atoms with Crippen LogP contribution in [0.4, 0.5) is 4.79 Å². The normalized spacial score (nSPS) is 17.3. The third-order valence-electron chi connectivity index (χ3n) is 5.50. The minimum atomic E-state index is -0.477. The number of benzene rings is 1. The van der Waals surface area contributed by atoms with E-state index in [9.17, 15) is 4.79 Å². The Balaban J connectivity index is 1.48. The molecule has 0 aliphatic carbocycles. The molecule has 2 aliphatic rings. The fraction of sp³-hybridized carbons (Fsp3) is 0.458. The zero-order valence-corrected chi connectivity index (χ0v) is 18.1. The lowest BCUT2D eigenvalue weighted by Crippen LogP contribution is -2.39. The summed E-state index contributed by atoms with van der Waals surface area (Å²) in [5, 5.41) is 0. The molecule has 4 rings (SSSR count). The van der Waals surface area contributed by atoms with Crippen molar-refractivity contribution in [2.45, 2.75) is 52.3 Å². The molecule has 3 heterocycles. The number of hydrogen-bond donors (Lipinski definition) is 0. The quantitative estimate of drug-likeness (QED) is 0.769. The maximum Gasteiger partial charge on any atom is 0.410 e. The van der Waals surface area contributed by atoms with Gasteiger partial charge in [-0.25, -0.2) is 14.8 Å². The summed E-state index contributed by atoms with van der Waals surface area (Å²) in [6, 6.07) is 10.6. The number of nitrogens with zero attached hydrogens (tertiary/aromatic N) is 4. The van der Waals surface area contributed by atoms with Gasteiger partial charge in [0.15, 0.2) is 0 Å². The summed E-state index contributed by atoms with van der Waals surface area (Å²) in [7, 11) is 0. The van der Waals surface area contributed by atoms with E-state index in [-0.39, 0.29) is 6.09 Å². The summed E-state index contributed by atoms with van der Waals surface area (Å²) in [5.41, 5.74) is 5.48. The van der Waals surface area contributed by atoms with Crippen molar-refractivity contribution >= 4 is 11.7 Å². The highest BCUT2D eigenvalue weighted by Crippen LogP contribution is 2.29. The summed E-state index contributed by atoms with van der Waals surface area (Å²) < 4.78 is 5.50. The number of aromatic nitrogens is 2. The molecule has 0 bridgehead atoms. The third-order valence-corrected chi connectivity index (χ3v) is 5.50. The Morgan fingerprint density at radius 2 is 1.90 bits per heavy atom. The van der Waals surface area contributed by atoms with E-state index >= 15 is 0 Å². The van der Waals surface area contributed by atoms with E-state index in [1.807, 2.05) is 20.8 Å². The Hall–Kier alpha value is -2.73. The van der Waals surface area contributed by atoms with Gasteiger partial charge < -0.3 is 9.64 Å². The molecule has 2 aliphatic heterocycles. The van der Waals surface area contributed by atoms with Crippen LogP contribution in [-0.4, -0.2) is 51.1 Å². The number of carbonyl (C=O) groups is 1. The zero-order chi connectivity index (χ0) is 21.1. The second-order valence-electron chi connectivity index (χ2n) is 9.00. The van der Waals surface area contributed by atoms with Gasteiger partial charge in [-0.15, -0.1) is 0 Å². The molecule has 158 valence electrons. The van der Waals surface area contributed by atoms with Crippen LogP contribution in [0.2, 0.25) is 0 Å². The standard InChI is InChI=1S/C24H30N4O2/c1-24(2,3)30-23(29)28-13-9-19(10-14-28)22-20-16-27(12-11-21(20)25-17-26-22)15-18-7-5-4-6-8-18/h4-9,17H,10-16H2,1-3H3. The molecule has 0 N–H and O–H groups in total. The van der Waals surface area contributed by atoms with Gasteiger partial charge in [-0.05, 0) is 38.3 Å². The molecular formula is C24H30N4O2. The summed E-state index contributed by atoms with van der Waals surface area (Å²) in [6.45, 7) is 9.67. The van der Waals surface area contributed by atoms with Gasteiger partial charge in [0.25, 0.3) is 0 Å². The van der Waals surface area contributed by atoms with Crippen molar-refractivity contribution in [2.75, 3.05) is 19.6 Å². The summed E-state index contributed by atoms with van der Waals surface area (Å²) >= 11 is 0. The lowest BCUT2D eigenvalue weighted by Gasteiger charge is -2.32. The molecule has 0 saturated carbocycles. The number of carbonyl (C=O) groups excluding carboxylic acids is 1. The Bertz CT molecular complexity index is 934. The number of rotatable bonds is 3. The van der Waals surface area contributed by atoms with Crippen LogP contribution in [0.3, 0.4) is 0 Å². The molecular weight excluding hydrogens is 376 g/mol. The molecule has 0 fully saturated rings. The van der Waals surface area contributed by atoms with E-state index in [0.717, 1.165) is 43.9 Å². The van der Waals surface area contributed by atoms with Gasteiger partial charge in [0, 0.05) is 44.7 Å². The number of amides is 1. The van der Waals surface area contributed by atoms with Gasteiger partial charge in [-0.3, -0.25) is 4.90 Å². The van der Waals surface area contributed by atoms with Crippen LogP contribution in [0.25, 0.3) is 5.57 Å². The maximum atomic E-state index is 12.3. The molecule has 0 unspecified atom stereocenters. The summed E-state index contributed by atoms with van der Waals surface area (Å²) in [5.74, 6) is 0. The molecule has 1 aromatic heterocycles. The first kappa shape index (κ1) is 20.5. The highest BCUT2D eigenvalue weighted by Gasteiger charge is 2.27. The van der Waals surface area contributed by atoms with Crippen LogP contribution < -0.4 is 0 Å². The fourth-order valence-electron chi connectivity index (χ4n) is 4.03. The Morgan fingerprint density at radius 1 is 1.10 bits per heavy atom. The van der Waals surface area contributed by atoms with E-state index < -0.39 is 5.60 Å². The van der Waals surface area contributed by atoms with Crippen molar-refractivity contribution in [1.29, 1.82) is 0 Å². The number of hydrogen-bond acceptors (Lipinski definition) is 5. The van der Waals surface area contributed by atoms with E-state index in [2.05, 4.69) is 51.3 Å². The first-order chi connectivity index (χ1) is 14.4. The monoisotopic (exact) mass is 406 g/mol. The second kappa shape index (κ2) is 8.56. The van der Waals surface area contributed by atoms with Crippen LogP contribution in [0.15, 0.2) is 42.7 Å². The molecule has 0 atom stereocenters. The zero-order valence-electron chi connectivity index (χ0n) is 18.1. The topological polar surface area (TPSA) is 58.6 Å². The molecule has 1 amide bonds. The van der Waals surface area contributed by atoms with Crippen LogP contribution in [0, 0.1) is 0 Å². The van der Waals surface area contributed by atoms with Gasteiger partial charge in [-0.1, -0.05) is 36.4 Å². The number of ether oxygens (including phenoxy) is 1. The van der Waals surface area contributed by atoms with Crippen LogP contribution in [0.5, 0.6) is 0 Å². The SMILES string of the molecule is CC(C)(C)OC(=O)N1CC=C(c2ncnc3c2CN(Cc2ccccc2)CC3)CC1. The van der Waals surface area contributed by atoms with Crippen molar-refractivity contribution in [1.82, 2.24) is 19.8 Å². The molecule has 2 aromatic rings. The molecule has 0 saturated heterocycles. The Morgan fingerprint density at radius 3 is 2.60 bits per heavy atom. The lowest BCUT2D eigenvalue weighted by atomic mass is 9.95. The van der Waals surface area contributed by atoms with Gasteiger partial charge in [0.2, 0.25) is 0 Å². The summed E-state index contributed by atoms with van der Waals surface area (Å²) in [6.07, 6.45) is 5.27. The van der Waals surface area contributed by atoms with Crippen molar-refractivity contribution < 1.29 is 9.53 Å². The number of fused-ring (bicyclic) bond motifs is 1. The predicted molar refractivity (Wildman–Crippen MR) is 117 cm³/mol. The predicted octanol–water partition coefficient (Wildman–Crippen LogP) is 4.06. The van der Waals surface area contributed by atoms with Crippen molar-refractivity contribution in [3.63, 3.8) is 0 Å². The minimum Gasteiger partial charge on any atom is -0.444 e. The first-order valence-electron chi connectivity index (χ1n) is 10.7. The summed E-state index contributed by atoms with van der Waals surface area (Å²) in [4.78, 5) is 25.8.